The molecule has 3 aliphatic carbocycles. The maximum atomic E-state index is 2.77. The number of rotatable bonds is 5. The average Bonchev–Trinajstić information content (AvgIpc) is 3.86. The van der Waals surface area contributed by atoms with Crippen LogP contribution in [0.5, 0.6) is 0 Å². The molecule has 0 saturated heterocycles. The van der Waals surface area contributed by atoms with E-state index in [2.05, 4.69) is 196 Å². The van der Waals surface area contributed by atoms with Gasteiger partial charge < -0.3 is 14.4 Å². The maximum absolute atomic E-state index is 2.77. The maximum Gasteiger partial charge on any atom is 0.0815 e. The predicted molar refractivity (Wildman–Crippen MR) is 222 cm³/mol. The van der Waals surface area contributed by atoms with Crippen molar-refractivity contribution >= 4 is 44.5 Å². The lowest BCUT2D eigenvalue weighted by Crippen LogP contribution is -2.39. The number of anilines is 2. The molecule has 0 bridgehead atoms. The predicted octanol–water partition coefficient (Wildman–Crippen LogP) is 12.1. The Kier molecular flexibility index (Phi) is 7.08. The Balaban J connectivity index is 1.16. The summed E-state index contributed by atoms with van der Waals surface area (Å²) in [6.45, 7) is 0. The fourth-order valence-electron chi connectivity index (χ4n) is 9.99. The molecule has 0 fully saturated rings. The van der Waals surface area contributed by atoms with Crippen molar-refractivity contribution in [3.05, 3.63) is 204 Å². The summed E-state index contributed by atoms with van der Waals surface area (Å²) >= 11 is 0. The van der Waals surface area contributed by atoms with Crippen LogP contribution >= 0.6 is 0 Å². The van der Waals surface area contributed by atoms with Crippen molar-refractivity contribution in [1.29, 1.82) is 0 Å². The van der Waals surface area contributed by atoms with E-state index in [-0.39, 0.29) is 24.0 Å². The lowest BCUT2D eigenvalue weighted by Gasteiger charge is -2.36. The number of fused-ring (bicyclic) bond motifs is 8. The quantitative estimate of drug-likeness (QED) is 0.179. The topological polar surface area (TPSA) is 11.4 Å². The molecule has 5 unspecified atom stereocenters. The second-order valence-electron chi connectivity index (χ2n) is 15.1. The van der Waals surface area contributed by atoms with E-state index in [1.54, 1.807) is 0 Å². The number of benzene rings is 5. The molecule has 0 saturated carbocycles. The number of para-hydroxylation sites is 2. The van der Waals surface area contributed by atoms with Gasteiger partial charge >= 0.3 is 0 Å². The molecule has 6 aromatic rings. The van der Waals surface area contributed by atoms with E-state index in [9.17, 15) is 0 Å². The van der Waals surface area contributed by atoms with Gasteiger partial charge in [0, 0.05) is 44.9 Å². The van der Waals surface area contributed by atoms with E-state index in [0.29, 0.717) is 6.04 Å². The molecule has 3 nitrogen and oxygen atoms in total. The van der Waals surface area contributed by atoms with Crippen LogP contribution in [0.25, 0.3) is 33.1 Å². The zero-order valence-electron chi connectivity index (χ0n) is 29.7. The lowest BCUT2D eigenvalue weighted by molar-refractivity contribution is 0.506. The van der Waals surface area contributed by atoms with E-state index in [1.165, 1.54) is 66.7 Å². The minimum atomic E-state index is 0.218. The van der Waals surface area contributed by atoms with Crippen LogP contribution in [-0.4, -0.2) is 16.7 Å². The van der Waals surface area contributed by atoms with Gasteiger partial charge in [-0.2, -0.15) is 0 Å². The smallest absolute Gasteiger partial charge is 0.0815 e. The minimum Gasteiger partial charge on any atom is -0.355 e. The summed E-state index contributed by atoms with van der Waals surface area (Å²) in [7, 11) is 0. The first-order chi connectivity index (χ1) is 26.3. The highest BCUT2D eigenvalue weighted by molar-refractivity contribution is 6.12. The number of nitrogens with zero attached hydrogens (tertiary/aromatic N) is 3. The third-order valence-corrected chi connectivity index (χ3v) is 12.2. The summed E-state index contributed by atoms with van der Waals surface area (Å²) in [6.07, 6.45) is 26.3. The average molecular weight is 684 g/mol. The van der Waals surface area contributed by atoms with Gasteiger partial charge in [-0.1, -0.05) is 152 Å². The SMILES string of the molecule is C1=CCC(N2c3ccccc3C3C2c2cc4c5ccccc5n(C5=CC(c6ccccc6)CC(c6ccccc6)=C5)c4cc2N3C2C=CC=CC2)C=C1. The minimum absolute atomic E-state index is 0.218. The third-order valence-electron chi connectivity index (χ3n) is 12.2. The summed E-state index contributed by atoms with van der Waals surface area (Å²) in [5.74, 6) is 0.273. The molecule has 53 heavy (non-hydrogen) atoms. The first-order valence-electron chi connectivity index (χ1n) is 19.2. The lowest BCUT2D eigenvalue weighted by atomic mass is 9.84. The summed E-state index contributed by atoms with van der Waals surface area (Å²) in [6, 6.07) is 46.4. The van der Waals surface area contributed by atoms with Crippen LogP contribution in [0, 0.1) is 0 Å². The zero-order chi connectivity index (χ0) is 34.9. The van der Waals surface area contributed by atoms with Crippen molar-refractivity contribution in [2.75, 3.05) is 9.80 Å². The van der Waals surface area contributed by atoms with Crippen molar-refractivity contribution < 1.29 is 0 Å². The molecule has 3 heterocycles. The van der Waals surface area contributed by atoms with E-state index in [4.69, 9.17) is 0 Å². The van der Waals surface area contributed by atoms with Gasteiger partial charge in [0.1, 0.15) is 0 Å². The van der Waals surface area contributed by atoms with Crippen LogP contribution in [0.1, 0.15) is 59.5 Å². The summed E-state index contributed by atoms with van der Waals surface area (Å²) in [5, 5.41) is 2.63. The highest BCUT2D eigenvalue weighted by Gasteiger charge is 2.52. The number of hydrogen-bond donors (Lipinski definition) is 0. The first-order valence-corrected chi connectivity index (χ1v) is 19.2. The fraction of sp³-hybridized carbons (Fsp3) is 0.160. The standard InChI is InChI=1S/C50H41N3/c1-5-17-34(18-6-1)36-29-37(35-19-7-2-8-20-35)31-40(30-36)51-45-27-15-13-25-41(45)43-32-44-48(33-47(43)51)53(39-23-11-4-12-24-39)49-42-26-14-16-28-46(42)52(50(44)49)38-21-9-3-10-22-38/h1-21,23,25-28,30-33,36,38-39,49-50H,22,24,29H2. The van der Waals surface area contributed by atoms with Gasteiger partial charge in [0.2, 0.25) is 0 Å². The van der Waals surface area contributed by atoms with E-state index in [1.807, 2.05) is 0 Å². The number of hydrogen-bond acceptors (Lipinski definition) is 2. The van der Waals surface area contributed by atoms with Gasteiger partial charge in [-0.05, 0) is 66.3 Å². The Labute approximate surface area is 311 Å². The summed E-state index contributed by atoms with van der Waals surface area (Å²) < 4.78 is 2.56. The molecule has 5 aromatic carbocycles. The van der Waals surface area contributed by atoms with Gasteiger partial charge in [0.05, 0.1) is 35.2 Å². The normalized spacial score (nSPS) is 24.0. The Morgan fingerprint density at radius 3 is 1.94 bits per heavy atom. The highest BCUT2D eigenvalue weighted by Crippen LogP contribution is 2.61. The second-order valence-corrected chi connectivity index (χ2v) is 15.1. The van der Waals surface area contributed by atoms with Crippen LogP contribution in [0.2, 0.25) is 0 Å². The number of allylic oxidation sites excluding steroid dienone is 8. The van der Waals surface area contributed by atoms with Crippen molar-refractivity contribution in [2.45, 2.75) is 49.3 Å². The molecule has 0 spiro atoms. The Morgan fingerprint density at radius 2 is 1.19 bits per heavy atom. The number of aromatic nitrogens is 1. The van der Waals surface area contributed by atoms with Crippen LogP contribution in [-0.2, 0) is 0 Å². The largest absolute Gasteiger partial charge is 0.355 e. The molecule has 5 atom stereocenters. The van der Waals surface area contributed by atoms with Crippen LogP contribution in [0.4, 0.5) is 11.4 Å². The first kappa shape index (κ1) is 30.6. The van der Waals surface area contributed by atoms with Gasteiger partial charge in [-0.15, -0.1) is 0 Å². The summed E-state index contributed by atoms with van der Waals surface area (Å²) in [5.41, 5.74) is 13.4. The van der Waals surface area contributed by atoms with Crippen LogP contribution in [0.15, 0.2) is 182 Å². The Morgan fingerprint density at radius 1 is 0.528 bits per heavy atom. The van der Waals surface area contributed by atoms with E-state index < -0.39 is 0 Å². The van der Waals surface area contributed by atoms with Crippen LogP contribution < -0.4 is 9.80 Å². The molecule has 1 aromatic heterocycles. The van der Waals surface area contributed by atoms with Crippen LogP contribution in [0.3, 0.4) is 0 Å². The zero-order valence-corrected chi connectivity index (χ0v) is 29.7. The third kappa shape index (κ3) is 4.80. The van der Waals surface area contributed by atoms with Gasteiger partial charge in [0.15, 0.2) is 0 Å². The molecule has 0 radical (unpaired) electrons. The fourth-order valence-corrected chi connectivity index (χ4v) is 9.99. The molecule has 3 heteroatoms. The van der Waals surface area contributed by atoms with Crippen molar-refractivity contribution in [1.82, 2.24) is 4.57 Å². The van der Waals surface area contributed by atoms with E-state index >= 15 is 0 Å². The van der Waals surface area contributed by atoms with Crippen molar-refractivity contribution in [3.63, 3.8) is 0 Å². The molecular formula is C50H41N3. The summed E-state index contributed by atoms with van der Waals surface area (Å²) in [4.78, 5) is 5.52. The molecule has 11 rings (SSSR count). The van der Waals surface area contributed by atoms with Crippen molar-refractivity contribution in [3.8, 4) is 0 Å². The van der Waals surface area contributed by atoms with Gasteiger partial charge in [0.25, 0.3) is 0 Å². The molecule has 0 N–H and O–H groups in total. The van der Waals surface area contributed by atoms with Gasteiger partial charge in [-0.3, -0.25) is 0 Å². The molecule has 2 aliphatic heterocycles. The monoisotopic (exact) mass is 683 g/mol. The molecule has 5 aliphatic rings. The molecule has 256 valence electrons. The second kappa shape index (κ2) is 12.3. The Hall–Kier alpha value is -6.06. The van der Waals surface area contributed by atoms with E-state index in [0.717, 1.165) is 19.3 Å². The van der Waals surface area contributed by atoms with Gasteiger partial charge in [-0.25, -0.2) is 0 Å². The Bertz CT molecular complexity index is 2580. The van der Waals surface area contributed by atoms with Crippen molar-refractivity contribution in [2.24, 2.45) is 0 Å². The molecular weight excluding hydrogens is 643 g/mol. The molecule has 0 amide bonds. The highest BCUT2D eigenvalue weighted by atomic mass is 15.3.